The zero-order chi connectivity index (χ0) is 11.7. The number of likely N-dealkylation sites (tertiary alicyclic amines) is 1. The van der Waals surface area contributed by atoms with Gasteiger partial charge in [0.1, 0.15) is 0 Å². The Bertz CT molecular complexity index is 312. The summed E-state index contributed by atoms with van der Waals surface area (Å²) in [4.78, 5) is 16.3. The molecule has 2 aliphatic heterocycles. The lowest BCUT2D eigenvalue weighted by molar-refractivity contribution is -0.126. The van der Waals surface area contributed by atoms with Crippen molar-refractivity contribution in [3.63, 3.8) is 0 Å². The van der Waals surface area contributed by atoms with Crippen molar-refractivity contribution >= 4 is 5.91 Å². The van der Waals surface area contributed by atoms with Gasteiger partial charge >= 0.3 is 0 Å². The Labute approximate surface area is 96.8 Å². The van der Waals surface area contributed by atoms with E-state index >= 15 is 0 Å². The van der Waals surface area contributed by atoms with Gasteiger partial charge in [0, 0.05) is 25.6 Å². The lowest BCUT2D eigenvalue weighted by Crippen LogP contribution is -2.36. The molecular weight excluding hydrogens is 204 g/mol. The Morgan fingerprint density at radius 2 is 2.25 bits per heavy atom. The number of rotatable bonds is 2. The quantitative estimate of drug-likeness (QED) is 0.692. The lowest BCUT2D eigenvalue weighted by atomic mass is 10.1. The molecule has 0 radical (unpaired) electrons. The van der Waals surface area contributed by atoms with E-state index in [4.69, 9.17) is 4.74 Å². The van der Waals surface area contributed by atoms with E-state index < -0.39 is 0 Å². The van der Waals surface area contributed by atoms with Crippen LogP contribution in [0.15, 0.2) is 11.8 Å². The fourth-order valence-corrected chi connectivity index (χ4v) is 2.54. The molecule has 0 aliphatic carbocycles. The van der Waals surface area contributed by atoms with E-state index in [1.807, 2.05) is 4.90 Å². The van der Waals surface area contributed by atoms with Crippen LogP contribution in [0.3, 0.4) is 0 Å². The molecule has 0 saturated carbocycles. The Morgan fingerprint density at radius 1 is 1.50 bits per heavy atom. The second-order valence-corrected chi connectivity index (χ2v) is 4.98. The van der Waals surface area contributed by atoms with Crippen LogP contribution in [-0.4, -0.2) is 55.5 Å². The van der Waals surface area contributed by atoms with Crippen LogP contribution in [0.5, 0.6) is 0 Å². The lowest BCUT2D eigenvalue weighted by Gasteiger charge is -2.22. The summed E-state index contributed by atoms with van der Waals surface area (Å²) in [6.07, 6.45) is 2.38. The third kappa shape index (κ3) is 2.07. The molecule has 0 spiro atoms. The number of carbonyl (C=O) groups excluding carboxylic acids is 1. The Morgan fingerprint density at radius 3 is 2.75 bits per heavy atom. The van der Waals surface area contributed by atoms with Crippen LogP contribution in [0, 0.1) is 5.92 Å². The summed E-state index contributed by atoms with van der Waals surface area (Å²) in [6.45, 7) is 4.56. The van der Waals surface area contributed by atoms with Gasteiger partial charge in [0.25, 0.3) is 5.91 Å². The zero-order valence-corrected chi connectivity index (χ0v) is 10.3. The Kier molecular flexibility index (Phi) is 3.19. The Hall–Kier alpha value is -1.03. The number of carbonyl (C=O) groups is 1. The maximum Gasteiger partial charge on any atom is 0.253 e. The van der Waals surface area contributed by atoms with Gasteiger partial charge in [-0.1, -0.05) is 6.92 Å². The highest BCUT2D eigenvalue weighted by Crippen LogP contribution is 2.23. The first-order valence-electron chi connectivity index (χ1n) is 5.86. The predicted octanol–water partition coefficient (Wildman–Crippen LogP) is 0.699. The molecule has 2 rings (SSSR count). The van der Waals surface area contributed by atoms with E-state index in [1.54, 1.807) is 6.26 Å². The van der Waals surface area contributed by atoms with Crippen LogP contribution < -0.4 is 0 Å². The molecule has 1 amide bonds. The molecule has 4 heteroatoms. The van der Waals surface area contributed by atoms with Crippen molar-refractivity contribution in [1.29, 1.82) is 0 Å². The highest BCUT2D eigenvalue weighted by atomic mass is 16.5. The molecule has 2 atom stereocenters. The minimum Gasteiger partial charge on any atom is -0.500 e. The number of nitrogens with zero attached hydrogens (tertiary/aromatic N) is 2. The molecule has 2 heterocycles. The van der Waals surface area contributed by atoms with Crippen molar-refractivity contribution in [2.24, 2.45) is 5.92 Å². The average Bonchev–Trinajstić information content (AvgIpc) is 2.84. The van der Waals surface area contributed by atoms with Crippen molar-refractivity contribution in [1.82, 2.24) is 9.80 Å². The molecule has 0 aromatic carbocycles. The normalized spacial score (nSPS) is 29.5. The molecule has 1 fully saturated rings. The molecule has 0 N–H and O–H groups in total. The molecule has 0 aromatic rings. The van der Waals surface area contributed by atoms with Crippen LogP contribution in [0.1, 0.15) is 13.3 Å². The molecule has 0 aromatic heterocycles. The second kappa shape index (κ2) is 4.45. The van der Waals surface area contributed by atoms with Crippen LogP contribution in [0.25, 0.3) is 0 Å². The number of amides is 1. The van der Waals surface area contributed by atoms with Crippen LogP contribution in [0.2, 0.25) is 0 Å². The summed E-state index contributed by atoms with van der Waals surface area (Å²) in [5, 5.41) is 0. The second-order valence-electron chi connectivity index (χ2n) is 4.98. The van der Waals surface area contributed by atoms with Crippen molar-refractivity contribution in [3.8, 4) is 0 Å². The number of likely N-dealkylation sites (N-methyl/N-ethyl adjacent to an activating group) is 1. The largest absolute Gasteiger partial charge is 0.500 e. The predicted molar refractivity (Wildman–Crippen MR) is 61.9 cm³/mol. The van der Waals surface area contributed by atoms with Crippen LogP contribution >= 0.6 is 0 Å². The summed E-state index contributed by atoms with van der Waals surface area (Å²) in [5.74, 6) is 0.704. The van der Waals surface area contributed by atoms with Gasteiger partial charge < -0.3 is 14.5 Å². The molecule has 2 unspecified atom stereocenters. The third-order valence-electron chi connectivity index (χ3n) is 3.51. The van der Waals surface area contributed by atoms with E-state index in [9.17, 15) is 4.79 Å². The minimum absolute atomic E-state index is 0.161. The topological polar surface area (TPSA) is 32.8 Å². The SMILES string of the molecule is CC1CN(C(=O)C2=COCC2)CC1N(C)C. The van der Waals surface area contributed by atoms with Gasteiger partial charge in [0.2, 0.25) is 0 Å². The van der Waals surface area contributed by atoms with Gasteiger partial charge in [0.05, 0.1) is 18.4 Å². The first-order valence-corrected chi connectivity index (χ1v) is 5.86. The summed E-state index contributed by atoms with van der Waals surface area (Å²) < 4.78 is 5.12. The van der Waals surface area contributed by atoms with Gasteiger partial charge in [0.15, 0.2) is 0 Å². The van der Waals surface area contributed by atoms with E-state index in [0.717, 1.165) is 25.1 Å². The van der Waals surface area contributed by atoms with E-state index in [-0.39, 0.29) is 5.91 Å². The van der Waals surface area contributed by atoms with Crippen LogP contribution in [0.4, 0.5) is 0 Å². The van der Waals surface area contributed by atoms with Crippen molar-refractivity contribution in [3.05, 3.63) is 11.8 Å². The fraction of sp³-hybridized carbons (Fsp3) is 0.750. The first kappa shape index (κ1) is 11.5. The summed E-state index contributed by atoms with van der Waals surface area (Å²) in [6, 6.07) is 0.479. The van der Waals surface area contributed by atoms with Crippen LogP contribution in [-0.2, 0) is 9.53 Å². The molecule has 1 saturated heterocycles. The Balaban J connectivity index is 1.99. The van der Waals surface area contributed by atoms with E-state index in [1.165, 1.54) is 0 Å². The van der Waals surface area contributed by atoms with Gasteiger partial charge in [-0.25, -0.2) is 0 Å². The first-order chi connectivity index (χ1) is 7.59. The van der Waals surface area contributed by atoms with E-state index in [0.29, 0.717) is 18.6 Å². The highest BCUT2D eigenvalue weighted by Gasteiger charge is 2.35. The molecule has 4 nitrogen and oxygen atoms in total. The molecule has 16 heavy (non-hydrogen) atoms. The summed E-state index contributed by atoms with van der Waals surface area (Å²) in [7, 11) is 4.15. The van der Waals surface area contributed by atoms with Crippen molar-refractivity contribution < 1.29 is 9.53 Å². The maximum absolute atomic E-state index is 12.1. The zero-order valence-electron chi connectivity index (χ0n) is 10.3. The smallest absolute Gasteiger partial charge is 0.253 e. The monoisotopic (exact) mass is 224 g/mol. The standard InChI is InChI=1S/C12H20N2O2/c1-9-6-14(7-11(9)13(2)3)12(15)10-4-5-16-8-10/h8-9,11H,4-7H2,1-3H3. The molecule has 2 aliphatic rings. The fourth-order valence-electron chi connectivity index (χ4n) is 2.54. The van der Waals surface area contributed by atoms with Crippen molar-refractivity contribution in [2.45, 2.75) is 19.4 Å². The van der Waals surface area contributed by atoms with Gasteiger partial charge in [-0.3, -0.25) is 4.79 Å². The van der Waals surface area contributed by atoms with Gasteiger partial charge in [-0.15, -0.1) is 0 Å². The number of hydrogen-bond donors (Lipinski definition) is 0. The summed E-state index contributed by atoms with van der Waals surface area (Å²) in [5.41, 5.74) is 0.826. The summed E-state index contributed by atoms with van der Waals surface area (Å²) >= 11 is 0. The van der Waals surface area contributed by atoms with Gasteiger partial charge in [-0.2, -0.15) is 0 Å². The number of ether oxygens (including phenoxy) is 1. The molecule has 90 valence electrons. The highest BCUT2D eigenvalue weighted by molar-refractivity contribution is 5.93. The van der Waals surface area contributed by atoms with Crippen molar-refractivity contribution in [2.75, 3.05) is 33.8 Å². The van der Waals surface area contributed by atoms with E-state index in [2.05, 4.69) is 25.9 Å². The number of hydrogen-bond acceptors (Lipinski definition) is 3. The average molecular weight is 224 g/mol. The van der Waals surface area contributed by atoms with Gasteiger partial charge in [-0.05, 0) is 20.0 Å². The third-order valence-corrected chi connectivity index (χ3v) is 3.51. The minimum atomic E-state index is 0.161. The molecular formula is C12H20N2O2. The maximum atomic E-state index is 12.1. The molecule has 0 bridgehead atoms.